The molecule has 7 heteroatoms. The molecule has 0 spiro atoms. The SMILES string of the molecule is CCNC(=NCc1ccc(C(=O)N2CCCCC2)cc1)NCc1ccc(C)cc1OC.I. The van der Waals surface area contributed by atoms with Gasteiger partial charge in [-0.3, -0.25) is 4.79 Å². The zero-order valence-electron chi connectivity index (χ0n) is 19.3. The molecule has 6 nitrogen and oxygen atoms in total. The first-order valence-electron chi connectivity index (χ1n) is 11.1. The van der Waals surface area contributed by atoms with Crippen molar-refractivity contribution in [2.75, 3.05) is 26.7 Å². The Kier molecular flexibility index (Phi) is 10.8. The highest BCUT2D eigenvalue weighted by atomic mass is 127. The van der Waals surface area contributed by atoms with Gasteiger partial charge < -0.3 is 20.3 Å². The zero-order chi connectivity index (χ0) is 22.1. The zero-order valence-corrected chi connectivity index (χ0v) is 21.6. The van der Waals surface area contributed by atoms with E-state index in [1.807, 2.05) is 42.2 Å². The van der Waals surface area contributed by atoms with Crippen molar-refractivity contribution in [1.29, 1.82) is 0 Å². The number of piperidine rings is 1. The van der Waals surface area contributed by atoms with Gasteiger partial charge in [-0.05, 0) is 62.4 Å². The van der Waals surface area contributed by atoms with Gasteiger partial charge in [-0.15, -0.1) is 24.0 Å². The summed E-state index contributed by atoms with van der Waals surface area (Å²) in [5.41, 5.74) is 4.08. The summed E-state index contributed by atoms with van der Waals surface area (Å²) in [7, 11) is 1.69. The van der Waals surface area contributed by atoms with E-state index in [9.17, 15) is 4.79 Å². The van der Waals surface area contributed by atoms with Crippen LogP contribution in [0.2, 0.25) is 0 Å². The molecule has 0 saturated carbocycles. The van der Waals surface area contributed by atoms with Crippen LogP contribution in [0.5, 0.6) is 5.75 Å². The number of nitrogens with zero attached hydrogens (tertiary/aromatic N) is 2. The number of ether oxygens (including phenoxy) is 1. The van der Waals surface area contributed by atoms with Crippen LogP contribution in [0.1, 0.15) is 53.2 Å². The van der Waals surface area contributed by atoms with Gasteiger partial charge in [0.25, 0.3) is 5.91 Å². The van der Waals surface area contributed by atoms with Crippen LogP contribution >= 0.6 is 24.0 Å². The van der Waals surface area contributed by atoms with E-state index in [1.54, 1.807) is 7.11 Å². The molecule has 0 unspecified atom stereocenters. The van der Waals surface area contributed by atoms with Crippen molar-refractivity contribution in [3.05, 3.63) is 64.7 Å². The Morgan fingerprint density at radius 2 is 1.78 bits per heavy atom. The maximum Gasteiger partial charge on any atom is 0.253 e. The van der Waals surface area contributed by atoms with Crippen LogP contribution < -0.4 is 15.4 Å². The van der Waals surface area contributed by atoms with Crippen LogP contribution in [0.4, 0.5) is 0 Å². The Morgan fingerprint density at radius 3 is 2.44 bits per heavy atom. The molecule has 2 aromatic carbocycles. The standard InChI is InChI=1S/C25H34N4O2.HI/c1-4-26-25(28-18-22-11-8-19(2)16-23(22)31-3)27-17-20-9-12-21(13-10-20)24(30)29-14-6-5-7-15-29;/h8-13,16H,4-7,14-15,17-18H2,1-3H3,(H2,26,27,28);1H. The second kappa shape index (κ2) is 13.3. The van der Waals surface area contributed by atoms with Gasteiger partial charge in [0.2, 0.25) is 0 Å². The van der Waals surface area contributed by atoms with Crippen molar-refractivity contribution in [3.8, 4) is 5.75 Å². The average Bonchev–Trinajstić information content (AvgIpc) is 2.81. The van der Waals surface area contributed by atoms with Gasteiger partial charge >= 0.3 is 0 Å². The fraction of sp³-hybridized carbons (Fsp3) is 0.440. The topological polar surface area (TPSA) is 66.0 Å². The van der Waals surface area contributed by atoms with Gasteiger partial charge in [0.1, 0.15) is 5.75 Å². The van der Waals surface area contributed by atoms with Crippen LogP contribution in [0, 0.1) is 6.92 Å². The van der Waals surface area contributed by atoms with Crippen molar-refractivity contribution in [1.82, 2.24) is 15.5 Å². The molecular weight excluding hydrogens is 515 g/mol. The summed E-state index contributed by atoms with van der Waals surface area (Å²) in [6.07, 6.45) is 3.43. The number of carbonyl (C=O) groups excluding carboxylic acids is 1. The first-order valence-corrected chi connectivity index (χ1v) is 11.1. The lowest BCUT2D eigenvalue weighted by atomic mass is 10.1. The molecule has 1 aliphatic rings. The van der Waals surface area contributed by atoms with E-state index in [0.29, 0.717) is 13.1 Å². The van der Waals surface area contributed by atoms with E-state index in [4.69, 9.17) is 9.73 Å². The van der Waals surface area contributed by atoms with E-state index < -0.39 is 0 Å². The third kappa shape index (κ3) is 7.39. The minimum atomic E-state index is 0. The fourth-order valence-corrected chi connectivity index (χ4v) is 3.72. The van der Waals surface area contributed by atoms with Crippen molar-refractivity contribution in [3.63, 3.8) is 0 Å². The van der Waals surface area contributed by atoms with Gasteiger partial charge in [0.15, 0.2) is 5.96 Å². The largest absolute Gasteiger partial charge is 0.496 e. The molecule has 1 amide bonds. The number of rotatable bonds is 7. The van der Waals surface area contributed by atoms with Crippen LogP contribution in [0.3, 0.4) is 0 Å². The van der Waals surface area contributed by atoms with E-state index in [1.165, 1.54) is 12.0 Å². The maximum absolute atomic E-state index is 12.6. The minimum Gasteiger partial charge on any atom is -0.496 e. The Bertz CT molecular complexity index is 893. The lowest BCUT2D eigenvalue weighted by Gasteiger charge is -2.26. The van der Waals surface area contributed by atoms with Crippen LogP contribution in [-0.2, 0) is 13.1 Å². The van der Waals surface area contributed by atoms with E-state index in [-0.39, 0.29) is 29.9 Å². The normalized spacial score (nSPS) is 13.8. The molecule has 0 atom stereocenters. The van der Waals surface area contributed by atoms with Gasteiger partial charge in [-0.25, -0.2) is 4.99 Å². The number of aliphatic imine (C=N–C) groups is 1. The lowest BCUT2D eigenvalue weighted by Crippen LogP contribution is -2.36. The van der Waals surface area contributed by atoms with Crippen LogP contribution in [0.25, 0.3) is 0 Å². The summed E-state index contributed by atoms with van der Waals surface area (Å²) in [6.45, 7) is 7.78. The Morgan fingerprint density at radius 1 is 1.06 bits per heavy atom. The molecule has 0 bridgehead atoms. The van der Waals surface area contributed by atoms with Crippen LogP contribution in [0.15, 0.2) is 47.5 Å². The van der Waals surface area contributed by atoms with Crippen LogP contribution in [-0.4, -0.2) is 43.5 Å². The second-order valence-corrected chi connectivity index (χ2v) is 7.91. The number of likely N-dealkylation sites (tertiary alicyclic amines) is 1. The molecule has 1 fully saturated rings. The smallest absolute Gasteiger partial charge is 0.253 e. The maximum atomic E-state index is 12.6. The number of hydrogen-bond acceptors (Lipinski definition) is 3. The quantitative estimate of drug-likeness (QED) is 0.303. The molecule has 0 radical (unpaired) electrons. The second-order valence-electron chi connectivity index (χ2n) is 7.91. The minimum absolute atomic E-state index is 0. The fourth-order valence-electron chi connectivity index (χ4n) is 3.72. The first kappa shape index (κ1) is 26.0. The lowest BCUT2D eigenvalue weighted by molar-refractivity contribution is 0.0724. The molecule has 1 aliphatic heterocycles. The van der Waals surface area contributed by atoms with Crippen molar-refractivity contribution >= 4 is 35.8 Å². The molecular formula is C25H35IN4O2. The Balaban J connectivity index is 0.00000363. The monoisotopic (exact) mass is 550 g/mol. The molecule has 1 saturated heterocycles. The predicted molar refractivity (Wildman–Crippen MR) is 141 cm³/mol. The Labute approximate surface area is 208 Å². The first-order chi connectivity index (χ1) is 15.1. The summed E-state index contributed by atoms with van der Waals surface area (Å²) in [6, 6.07) is 14.0. The highest BCUT2D eigenvalue weighted by Gasteiger charge is 2.17. The van der Waals surface area contributed by atoms with E-state index in [2.05, 4.69) is 29.7 Å². The number of halogens is 1. The third-order valence-corrected chi connectivity index (χ3v) is 5.50. The highest BCUT2D eigenvalue weighted by molar-refractivity contribution is 14.0. The van der Waals surface area contributed by atoms with Gasteiger partial charge in [0.05, 0.1) is 13.7 Å². The summed E-state index contributed by atoms with van der Waals surface area (Å²) < 4.78 is 5.49. The number of benzene rings is 2. The molecule has 174 valence electrons. The number of nitrogens with one attached hydrogen (secondary N) is 2. The molecule has 3 rings (SSSR count). The van der Waals surface area contributed by atoms with Gasteiger partial charge in [0, 0.05) is 37.3 Å². The number of methoxy groups -OCH3 is 1. The predicted octanol–water partition coefficient (Wildman–Crippen LogP) is 4.50. The van der Waals surface area contributed by atoms with Crippen molar-refractivity contribution < 1.29 is 9.53 Å². The number of carbonyl (C=O) groups is 1. The van der Waals surface area contributed by atoms with E-state index >= 15 is 0 Å². The molecule has 1 heterocycles. The highest BCUT2D eigenvalue weighted by Crippen LogP contribution is 2.19. The summed E-state index contributed by atoms with van der Waals surface area (Å²) in [5, 5.41) is 6.65. The summed E-state index contributed by atoms with van der Waals surface area (Å²) >= 11 is 0. The van der Waals surface area contributed by atoms with Crippen molar-refractivity contribution in [2.24, 2.45) is 4.99 Å². The molecule has 32 heavy (non-hydrogen) atoms. The molecule has 0 aliphatic carbocycles. The third-order valence-electron chi connectivity index (χ3n) is 5.50. The average molecular weight is 550 g/mol. The summed E-state index contributed by atoms with van der Waals surface area (Å²) in [4.78, 5) is 19.3. The number of guanidine groups is 1. The van der Waals surface area contributed by atoms with Gasteiger partial charge in [-0.2, -0.15) is 0 Å². The number of amides is 1. The molecule has 0 aromatic heterocycles. The molecule has 2 aromatic rings. The number of hydrogen-bond donors (Lipinski definition) is 2. The summed E-state index contributed by atoms with van der Waals surface area (Å²) in [5.74, 6) is 1.76. The van der Waals surface area contributed by atoms with Crippen molar-refractivity contribution in [2.45, 2.75) is 46.2 Å². The Hall–Kier alpha value is -2.29. The molecule has 2 N–H and O–H groups in total. The van der Waals surface area contributed by atoms with E-state index in [0.717, 1.165) is 60.9 Å². The van der Waals surface area contributed by atoms with Gasteiger partial charge in [-0.1, -0.05) is 24.3 Å². The number of aryl methyl sites for hydroxylation is 1.